The summed E-state index contributed by atoms with van der Waals surface area (Å²) in [6.45, 7) is 3.67. The predicted molar refractivity (Wildman–Crippen MR) is 232 cm³/mol. The highest BCUT2D eigenvalue weighted by Gasteiger charge is 2.21. The Bertz CT molecular complexity index is 1310. The number of aliphatic hydroxyl groups excluding tert-OH is 1. The van der Waals surface area contributed by atoms with Crippen LogP contribution in [-0.4, -0.2) is 81.2 Å². The standard InChI is InChI=1S/C46H76NO9P/c1-6-8-9-10-11-12-13-14-15-20-23-26-29-32-35-38-46(50)56-44(42-55-57(51,52)54-40-39-47(3,4)5)41-53-45(49)37-34-31-28-25-22-19-17-16-18-21-24-27-30-33-36-43(48)7-2/h8-9,11-12,14-15,17-19,21,23,25-28,30,43-44,48H,6-7,10,13,16,20,22,24,29,31-42H2,1-5H3/b9-8-,12-11-,15-14-,19-17-,21-18-,26-23-,28-25-,30-27-/t43-,44+/m0/s1. The van der Waals surface area contributed by atoms with Gasteiger partial charge in [0.1, 0.15) is 19.8 Å². The third-order valence-corrected chi connectivity index (χ3v) is 9.22. The van der Waals surface area contributed by atoms with Gasteiger partial charge in [0.25, 0.3) is 7.82 Å². The molecular weight excluding hydrogens is 741 g/mol. The first-order valence-electron chi connectivity index (χ1n) is 21.0. The third-order valence-electron chi connectivity index (χ3n) is 8.25. The zero-order valence-electron chi connectivity index (χ0n) is 35.8. The Labute approximate surface area is 346 Å². The fourth-order valence-electron chi connectivity index (χ4n) is 4.79. The molecule has 0 saturated carbocycles. The maximum atomic E-state index is 12.6. The lowest BCUT2D eigenvalue weighted by Gasteiger charge is -2.28. The van der Waals surface area contributed by atoms with Gasteiger partial charge in [-0.3, -0.25) is 14.2 Å². The van der Waals surface area contributed by atoms with Crippen LogP contribution in [0, 0.1) is 0 Å². The fourth-order valence-corrected chi connectivity index (χ4v) is 5.52. The number of hydrogen-bond donors (Lipinski definition) is 1. The number of quaternary nitrogens is 1. The number of unbranched alkanes of at least 4 members (excludes halogenated alkanes) is 3. The summed E-state index contributed by atoms with van der Waals surface area (Å²) >= 11 is 0. The fraction of sp³-hybridized carbons (Fsp3) is 0.609. The molecule has 0 fully saturated rings. The summed E-state index contributed by atoms with van der Waals surface area (Å²) in [5.74, 6) is -0.980. The van der Waals surface area contributed by atoms with Crippen molar-refractivity contribution in [1.29, 1.82) is 0 Å². The van der Waals surface area contributed by atoms with Gasteiger partial charge in [0.15, 0.2) is 6.10 Å². The van der Waals surface area contributed by atoms with Gasteiger partial charge in [-0.1, -0.05) is 111 Å². The van der Waals surface area contributed by atoms with Gasteiger partial charge in [-0.15, -0.1) is 0 Å². The van der Waals surface area contributed by atoms with Crippen LogP contribution in [0.3, 0.4) is 0 Å². The molecule has 11 heteroatoms. The molecule has 0 rings (SSSR count). The van der Waals surface area contributed by atoms with Gasteiger partial charge in [0.05, 0.1) is 33.9 Å². The number of phosphoric ester groups is 1. The quantitative estimate of drug-likeness (QED) is 0.0216. The number of carbonyl (C=O) groups is 2. The van der Waals surface area contributed by atoms with Crippen LogP contribution in [0.5, 0.6) is 0 Å². The molecule has 0 aliphatic carbocycles. The lowest BCUT2D eigenvalue weighted by Crippen LogP contribution is -2.37. The van der Waals surface area contributed by atoms with Crippen molar-refractivity contribution < 1.29 is 47.2 Å². The molecule has 3 atom stereocenters. The summed E-state index contributed by atoms with van der Waals surface area (Å²) in [4.78, 5) is 37.4. The van der Waals surface area contributed by atoms with Gasteiger partial charge < -0.3 is 33.0 Å². The first-order chi connectivity index (χ1) is 27.4. The van der Waals surface area contributed by atoms with Gasteiger partial charge >= 0.3 is 11.9 Å². The zero-order valence-corrected chi connectivity index (χ0v) is 36.7. The largest absolute Gasteiger partial charge is 0.756 e. The molecule has 57 heavy (non-hydrogen) atoms. The Morgan fingerprint density at radius 3 is 1.61 bits per heavy atom. The molecule has 0 heterocycles. The van der Waals surface area contributed by atoms with E-state index >= 15 is 0 Å². The van der Waals surface area contributed by atoms with E-state index < -0.39 is 32.5 Å². The Balaban J connectivity index is 4.58. The molecule has 0 aromatic carbocycles. The molecule has 0 bridgehead atoms. The zero-order chi connectivity index (χ0) is 42.3. The van der Waals surface area contributed by atoms with Crippen molar-refractivity contribution in [2.45, 2.75) is 135 Å². The van der Waals surface area contributed by atoms with E-state index in [4.69, 9.17) is 18.5 Å². The number of carbonyl (C=O) groups excluding carboxylic acids is 2. The number of ether oxygens (including phenoxy) is 2. The first-order valence-corrected chi connectivity index (χ1v) is 22.5. The van der Waals surface area contributed by atoms with E-state index in [-0.39, 0.29) is 32.2 Å². The van der Waals surface area contributed by atoms with E-state index in [9.17, 15) is 24.2 Å². The lowest BCUT2D eigenvalue weighted by molar-refractivity contribution is -0.870. The Kier molecular flexibility index (Phi) is 35.2. The van der Waals surface area contributed by atoms with Gasteiger partial charge in [0, 0.05) is 12.8 Å². The minimum absolute atomic E-state index is 0.0591. The Hall–Kier alpha value is -3.11. The molecule has 0 aromatic heterocycles. The number of hydrogen-bond acceptors (Lipinski definition) is 9. The van der Waals surface area contributed by atoms with Crippen LogP contribution >= 0.6 is 7.82 Å². The van der Waals surface area contributed by atoms with Gasteiger partial charge in [-0.2, -0.15) is 0 Å². The molecule has 0 amide bonds. The summed E-state index contributed by atoms with van der Waals surface area (Å²) in [7, 11) is 1.07. The monoisotopic (exact) mass is 818 g/mol. The topological polar surface area (TPSA) is 131 Å². The maximum Gasteiger partial charge on any atom is 0.306 e. The van der Waals surface area contributed by atoms with Crippen molar-refractivity contribution in [2.24, 2.45) is 0 Å². The van der Waals surface area contributed by atoms with Gasteiger partial charge in [0.2, 0.25) is 0 Å². The summed E-state index contributed by atoms with van der Waals surface area (Å²) in [6, 6.07) is 0. The molecule has 0 spiro atoms. The van der Waals surface area contributed by atoms with E-state index in [0.717, 1.165) is 77.0 Å². The van der Waals surface area contributed by atoms with E-state index in [1.165, 1.54) is 0 Å². The number of esters is 2. The second-order valence-corrected chi connectivity index (χ2v) is 16.2. The average Bonchev–Trinajstić information content (AvgIpc) is 3.16. The number of likely N-dealkylation sites (N-methyl/N-ethyl adjacent to an activating group) is 1. The minimum Gasteiger partial charge on any atom is -0.756 e. The van der Waals surface area contributed by atoms with Crippen LogP contribution in [-0.2, 0) is 32.7 Å². The lowest BCUT2D eigenvalue weighted by atomic mass is 10.1. The van der Waals surface area contributed by atoms with Gasteiger partial charge in [-0.05, 0) is 96.3 Å². The van der Waals surface area contributed by atoms with Crippen LogP contribution in [0.25, 0.3) is 0 Å². The third kappa shape index (κ3) is 40.9. The molecule has 0 radical (unpaired) electrons. The first kappa shape index (κ1) is 53.9. The number of rotatable bonds is 36. The number of allylic oxidation sites excluding steroid dienone is 16. The Morgan fingerprint density at radius 1 is 0.632 bits per heavy atom. The molecule has 1 unspecified atom stereocenters. The Morgan fingerprint density at radius 2 is 1.11 bits per heavy atom. The van der Waals surface area contributed by atoms with Crippen molar-refractivity contribution in [3.8, 4) is 0 Å². The summed E-state index contributed by atoms with van der Waals surface area (Å²) in [6.07, 6.45) is 45.3. The van der Waals surface area contributed by atoms with E-state index in [0.29, 0.717) is 30.3 Å². The number of nitrogens with zero attached hydrogens (tertiary/aromatic N) is 1. The van der Waals surface area contributed by atoms with Crippen molar-refractivity contribution >= 4 is 19.8 Å². The second kappa shape index (κ2) is 37.2. The summed E-state index contributed by atoms with van der Waals surface area (Å²) in [5.41, 5.74) is 0. The van der Waals surface area contributed by atoms with E-state index in [2.05, 4.69) is 98.1 Å². The minimum atomic E-state index is -4.66. The van der Waals surface area contributed by atoms with Crippen molar-refractivity contribution in [2.75, 3.05) is 47.5 Å². The van der Waals surface area contributed by atoms with Crippen molar-refractivity contribution in [3.05, 3.63) is 97.2 Å². The second-order valence-electron chi connectivity index (χ2n) is 14.8. The highest BCUT2D eigenvalue weighted by molar-refractivity contribution is 7.45. The molecule has 0 aromatic rings. The van der Waals surface area contributed by atoms with Crippen molar-refractivity contribution in [1.82, 2.24) is 0 Å². The van der Waals surface area contributed by atoms with Crippen LogP contribution in [0.4, 0.5) is 0 Å². The van der Waals surface area contributed by atoms with Gasteiger partial charge in [-0.25, -0.2) is 0 Å². The van der Waals surface area contributed by atoms with Crippen LogP contribution in [0.2, 0.25) is 0 Å². The molecule has 0 aliphatic rings. The maximum absolute atomic E-state index is 12.6. The highest BCUT2D eigenvalue weighted by atomic mass is 31.2. The predicted octanol–water partition coefficient (Wildman–Crippen LogP) is 10.1. The summed E-state index contributed by atoms with van der Waals surface area (Å²) in [5, 5.41) is 9.56. The average molecular weight is 818 g/mol. The van der Waals surface area contributed by atoms with Crippen LogP contribution in [0.15, 0.2) is 97.2 Å². The smallest absolute Gasteiger partial charge is 0.306 e. The van der Waals surface area contributed by atoms with E-state index in [1.807, 2.05) is 34.1 Å². The molecular formula is C46H76NO9P. The normalized spacial score (nSPS) is 15.1. The molecule has 10 nitrogen and oxygen atoms in total. The van der Waals surface area contributed by atoms with Crippen molar-refractivity contribution in [3.63, 3.8) is 0 Å². The van der Waals surface area contributed by atoms with E-state index in [1.54, 1.807) is 0 Å². The number of phosphoric acid groups is 1. The molecule has 0 aliphatic heterocycles. The molecule has 1 N–H and O–H groups in total. The number of aliphatic hydroxyl groups is 1. The van der Waals surface area contributed by atoms with Crippen LogP contribution < -0.4 is 4.89 Å². The molecule has 0 saturated heterocycles. The molecule has 324 valence electrons. The highest BCUT2D eigenvalue weighted by Crippen LogP contribution is 2.38. The van der Waals surface area contributed by atoms with Crippen LogP contribution in [0.1, 0.15) is 123 Å². The SMILES string of the molecule is CC/C=C\C/C=C\C/C=C\C/C=C\CCCCC(=O)O[C@H](COC(=O)CCC/C=C\C/C=C\C/C=C\C/C=C\CC[C@@H](O)CC)COP(=O)([O-])OCC[N+](C)(C)C. The summed E-state index contributed by atoms with van der Waals surface area (Å²) < 4.78 is 33.7.